The van der Waals surface area contributed by atoms with E-state index in [4.69, 9.17) is 5.73 Å². The highest BCUT2D eigenvalue weighted by molar-refractivity contribution is 5.95. The highest BCUT2D eigenvalue weighted by atomic mass is 16.2. The second kappa shape index (κ2) is 12.6. The van der Waals surface area contributed by atoms with Gasteiger partial charge in [0.1, 0.15) is 0 Å². The predicted molar refractivity (Wildman–Crippen MR) is 74.0 cm³/mol. The van der Waals surface area contributed by atoms with Crippen molar-refractivity contribution in [3.63, 3.8) is 0 Å². The molecule has 0 unspecified atom stereocenters. The zero-order valence-electron chi connectivity index (χ0n) is 11.7. The Morgan fingerprint density at radius 1 is 0.833 bits per heavy atom. The van der Waals surface area contributed by atoms with Gasteiger partial charge in [-0.1, -0.05) is 58.3 Å². The number of unbranched alkanes of at least 4 members (excludes halogenated alkanes) is 8. The lowest BCUT2D eigenvalue weighted by atomic mass is 10.1. The van der Waals surface area contributed by atoms with Crippen LogP contribution in [0.3, 0.4) is 0 Å². The second-order valence-corrected chi connectivity index (χ2v) is 4.75. The molecule has 0 heterocycles. The highest BCUT2D eigenvalue weighted by Gasteiger charge is 2.04. The first kappa shape index (κ1) is 17.1. The van der Waals surface area contributed by atoms with E-state index in [1.54, 1.807) is 0 Å². The van der Waals surface area contributed by atoms with E-state index in [0.29, 0.717) is 6.42 Å². The lowest BCUT2D eigenvalue weighted by Gasteiger charge is -2.03. The van der Waals surface area contributed by atoms with Gasteiger partial charge in [-0.2, -0.15) is 0 Å². The van der Waals surface area contributed by atoms with Crippen LogP contribution in [0.4, 0.5) is 0 Å². The maximum absolute atomic E-state index is 11.2. The molecule has 0 aliphatic carbocycles. The number of rotatable bonds is 11. The van der Waals surface area contributed by atoms with E-state index in [1.165, 1.54) is 44.9 Å². The maximum Gasteiger partial charge on any atom is 0.240 e. The Morgan fingerprint density at radius 3 is 1.83 bits per heavy atom. The van der Waals surface area contributed by atoms with Crippen LogP contribution in [0.2, 0.25) is 0 Å². The van der Waals surface area contributed by atoms with Gasteiger partial charge in [-0.25, -0.2) is 0 Å². The number of hydrogen-bond acceptors (Lipinski definition) is 3. The molecule has 0 saturated carbocycles. The lowest BCUT2D eigenvalue weighted by Crippen LogP contribution is -2.35. The molecule has 0 radical (unpaired) electrons. The summed E-state index contributed by atoms with van der Waals surface area (Å²) in [5.74, 6) is -0.593. The Labute approximate surface area is 111 Å². The molecule has 4 heteroatoms. The summed E-state index contributed by atoms with van der Waals surface area (Å²) in [7, 11) is 0. The summed E-state index contributed by atoms with van der Waals surface area (Å²) >= 11 is 0. The van der Waals surface area contributed by atoms with Crippen LogP contribution in [-0.2, 0) is 9.59 Å². The van der Waals surface area contributed by atoms with Crippen molar-refractivity contribution in [3.8, 4) is 0 Å². The summed E-state index contributed by atoms with van der Waals surface area (Å²) in [6.45, 7) is 2.10. The number of hydrogen-bond donors (Lipinski definition) is 2. The Hall–Kier alpha value is -0.900. The average Bonchev–Trinajstić information content (AvgIpc) is 2.36. The highest BCUT2D eigenvalue weighted by Crippen LogP contribution is 2.10. The number of imide groups is 1. The van der Waals surface area contributed by atoms with Crippen molar-refractivity contribution in [1.82, 2.24) is 5.32 Å². The Balaban J connectivity index is 3.20. The largest absolute Gasteiger partial charge is 0.322 e. The molecule has 0 aromatic heterocycles. The number of carbonyl (C=O) groups excluding carboxylic acids is 2. The third-order valence-electron chi connectivity index (χ3n) is 2.97. The molecule has 0 fully saturated rings. The fourth-order valence-corrected chi connectivity index (χ4v) is 1.87. The molecule has 18 heavy (non-hydrogen) atoms. The molecular weight excluding hydrogens is 228 g/mol. The van der Waals surface area contributed by atoms with Gasteiger partial charge in [0.2, 0.25) is 11.8 Å². The van der Waals surface area contributed by atoms with E-state index in [0.717, 1.165) is 12.8 Å². The van der Waals surface area contributed by atoms with Crippen molar-refractivity contribution in [2.45, 2.75) is 71.1 Å². The average molecular weight is 256 g/mol. The van der Waals surface area contributed by atoms with E-state index >= 15 is 0 Å². The summed E-state index contributed by atoms with van der Waals surface area (Å²) in [4.78, 5) is 22.1. The normalized spacial score (nSPS) is 10.3. The minimum Gasteiger partial charge on any atom is -0.322 e. The standard InChI is InChI=1S/C14H28N2O2/c1-2-3-4-5-6-7-8-9-10-11-13(17)16-14(18)12-15/h2-12,15H2,1H3,(H,16,17,18). The molecule has 0 spiro atoms. The van der Waals surface area contributed by atoms with Crippen molar-refractivity contribution >= 4 is 11.8 Å². The van der Waals surface area contributed by atoms with E-state index in [2.05, 4.69) is 12.2 Å². The van der Waals surface area contributed by atoms with Gasteiger partial charge in [0, 0.05) is 6.42 Å². The minimum atomic E-state index is -0.393. The second-order valence-electron chi connectivity index (χ2n) is 4.75. The maximum atomic E-state index is 11.2. The van der Waals surface area contributed by atoms with Gasteiger partial charge in [-0.3, -0.25) is 14.9 Å². The van der Waals surface area contributed by atoms with Gasteiger partial charge in [0.25, 0.3) is 0 Å². The lowest BCUT2D eigenvalue weighted by molar-refractivity contribution is -0.129. The van der Waals surface area contributed by atoms with Crippen LogP contribution >= 0.6 is 0 Å². The van der Waals surface area contributed by atoms with Crippen LogP contribution < -0.4 is 11.1 Å². The smallest absolute Gasteiger partial charge is 0.240 e. The van der Waals surface area contributed by atoms with Crippen LogP contribution in [0.1, 0.15) is 71.1 Å². The van der Waals surface area contributed by atoms with E-state index in [9.17, 15) is 9.59 Å². The van der Waals surface area contributed by atoms with Crippen molar-refractivity contribution in [3.05, 3.63) is 0 Å². The number of nitrogens with one attached hydrogen (secondary N) is 1. The van der Waals surface area contributed by atoms with Crippen LogP contribution in [0.5, 0.6) is 0 Å². The van der Waals surface area contributed by atoms with Crippen LogP contribution in [0, 0.1) is 0 Å². The van der Waals surface area contributed by atoms with Gasteiger partial charge < -0.3 is 5.73 Å². The summed E-state index contributed by atoms with van der Waals surface area (Å²) in [6, 6.07) is 0. The Bertz CT molecular complexity index is 230. The van der Waals surface area contributed by atoms with Crippen molar-refractivity contribution in [2.24, 2.45) is 5.73 Å². The fourth-order valence-electron chi connectivity index (χ4n) is 1.87. The zero-order valence-corrected chi connectivity index (χ0v) is 11.7. The Morgan fingerprint density at radius 2 is 1.33 bits per heavy atom. The molecular formula is C14H28N2O2. The molecule has 3 N–H and O–H groups in total. The predicted octanol–water partition coefficient (Wildman–Crippen LogP) is 2.51. The van der Waals surface area contributed by atoms with Crippen molar-refractivity contribution < 1.29 is 9.59 Å². The number of nitrogens with two attached hydrogens (primary N) is 1. The monoisotopic (exact) mass is 256 g/mol. The van der Waals surface area contributed by atoms with Crippen LogP contribution in [0.25, 0.3) is 0 Å². The van der Waals surface area contributed by atoms with E-state index in [-0.39, 0.29) is 12.5 Å². The fraction of sp³-hybridized carbons (Fsp3) is 0.857. The van der Waals surface area contributed by atoms with Gasteiger partial charge in [-0.05, 0) is 6.42 Å². The molecule has 0 rings (SSSR count). The molecule has 0 aromatic rings. The minimum absolute atomic E-state index is 0.122. The molecule has 0 bridgehead atoms. The van der Waals surface area contributed by atoms with Crippen LogP contribution in [0.15, 0.2) is 0 Å². The molecule has 0 aromatic carbocycles. The Kier molecular flexibility index (Phi) is 11.9. The molecule has 4 nitrogen and oxygen atoms in total. The summed E-state index contributed by atoms with van der Waals surface area (Å²) in [5, 5.41) is 2.25. The summed E-state index contributed by atoms with van der Waals surface area (Å²) in [6.07, 6.45) is 11.4. The van der Waals surface area contributed by atoms with Gasteiger partial charge >= 0.3 is 0 Å². The molecule has 0 saturated heterocycles. The number of amides is 2. The topological polar surface area (TPSA) is 72.2 Å². The zero-order chi connectivity index (χ0) is 13.6. The third-order valence-corrected chi connectivity index (χ3v) is 2.97. The quantitative estimate of drug-likeness (QED) is 0.558. The SMILES string of the molecule is CCCCCCCCCCCC(=O)NC(=O)CN. The van der Waals surface area contributed by atoms with Gasteiger partial charge in [0.15, 0.2) is 0 Å². The van der Waals surface area contributed by atoms with Crippen molar-refractivity contribution in [2.75, 3.05) is 6.54 Å². The van der Waals surface area contributed by atoms with E-state index in [1.807, 2.05) is 0 Å². The first-order valence-corrected chi connectivity index (χ1v) is 7.23. The summed E-state index contributed by atoms with van der Waals surface area (Å²) in [5.41, 5.74) is 5.10. The summed E-state index contributed by atoms with van der Waals surface area (Å²) < 4.78 is 0. The first-order valence-electron chi connectivity index (χ1n) is 7.23. The first-order chi connectivity index (χ1) is 8.70. The van der Waals surface area contributed by atoms with E-state index < -0.39 is 5.91 Å². The van der Waals surface area contributed by atoms with Crippen molar-refractivity contribution in [1.29, 1.82) is 0 Å². The number of carbonyl (C=O) groups is 2. The van der Waals surface area contributed by atoms with Crippen LogP contribution in [-0.4, -0.2) is 18.4 Å². The molecule has 2 amide bonds. The molecule has 0 aliphatic rings. The third kappa shape index (κ3) is 11.6. The van der Waals surface area contributed by atoms with Gasteiger partial charge in [0.05, 0.1) is 6.54 Å². The van der Waals surface area contributed by atoms with Gasteiger partial charge in [-0.15, -0.1) is 0 Å². The molecule has 106 valence electrons. The molecule has 0 aliphatic heterocycles. The molecule has 0 atom stereocenters.